The Kier molecular flexibility index (Phi) is 17.3. The molecule has 244 valence electrons. The molecule has 0 aliphatic carbocycles. The zero-order valence-electron chi connectivity index (χ0n) is 25.0. The van der Waals surface area contributed by atoms with Gasteiger partial charge in [-0.25, -0.2) is 0 Å². The van der Waals surface area contributed by atoms with Gasteiger partial charge < -0.3 is 25.7 Å². The van der Waals surface area contributed by atoms with Crippen molar-refractivity contribution < 1.29 is 39.6 Å². The van der Waals surface area contributed by atoms with Gasteiger partial charge in [0.25, 0.3) is 0 Å². The number of benzene rings is 1. The first kappa shape index (κ1) is 36.9. The SMILES string of the molecule is N#CSc1ccc(CCCCC(CN2CCN(CC(=O)O)CCN(CC(=O)O)CCN(CC(=O)O)CC2)NCC(=O)O)cc1. The van der Waals surface area contributed by atoms with Crippen LogP contribution in [0.25, 0.3) is 0 Å². The quantitative estimate of drug-likeness (QED) is 0.0899. The Labute approximate surface area is 262 Å². The van der Waals surface area contributed by atoms with Crippen molar-refractivity contribution in [1.82, 2.24) is 24.9 Å². The van der Waals surface area contributed by atoms with Gasteiger partial charge in [-0.2, -0.15) is 5.26 Å². The molecule has 0 bridgehead atoms. The molecule has 0 radical (unpaired) electrons. The molecule has 1 aliphatic heterocycles. The smallest absolute Gasteiger partial charge is 0.317 e. The first-order valence-electron chi connectivity index (χ1n) is 14.7. The number of carboxylic acid groups (broad SMARTS) is 4. The fourth-order valence-electron chi connectivity index (χ4n) is 5.11. The number of rotatable bonds is 17. The summed E-state index contributed by atoms with van der Waals surface area (Å²) < 4.78 is 0. The molecule has 1 aromatic carbocycles. The number of hydrogen-bond donors (Lipinski definition) is 5. The Morgan fingerprint density at radius 2 is 1.18 bits per heavy atom. The molecule has 0 spiro atoms. The summed E-state index contributed by atoms with van der Waals surface area (Å²) in [7, 11) is 0. The number of aryl methyl sites for hydroxylation is 1. The van der Waals surface area contributed by atoms with Crippen LogP contribution in [0.2, 0.25) is 0 Å². The second kappa shape index (κ2) is 20.7. The van der Waals surface area contributed by atoms with E-state index in [1.807, 2.05) is 24.3 Å². The molecule has 0 aromatic heterocycles. The zero-order chi connectivity index (χ0) is 32.3. The van der Waals surface area contributed by atoms with Gasteiger partial charge in [-0.05, 0) is 48.7 Å². The topological polar surface area (TPSA) is 198 Å². The normalized spacial score (nSPS) is 17.2. The molecular formula is C29H44N6O8S. The van der Waals surface area contributed by atoms with Gasteiger partial charge >= 0.3 is 23.9 Å². The number of carbonyl (C=O) groups is 4. The molecule has 1 fully saturated rings. The van der Waals surface area contributed by atoms with Crippen molar-refractivity contribution in [1.29, 1.82) is 5.26 Å². The number of hydrogen-bond acceptors (Lipinski definition) is 11. The molecule has 5 N–H and O–H groups in total. The summed E-state index contributed by atoms with van der Waals surface area (Å²) in [6.07, 6.45) is 3.30. The molecule has 0 amide bonds. The lowest BCUT2D eigenvalue weighted by molar-refractivity contribution is -0.140. The highest BCUT2D eigenvalue weighted by atomic mass is 32.2. The summed E-state index contributed by atoms with van der Waals surface area (Å²) >= 11 is 1.11. The van der Waals surface area contributed by atoms with E-state index >= 15 is 0 Å². The van der Waals surface area contributed by atoms with Crippen LogP contribution in [-0.4, -0.2) is 155 Å². The lowest BCUT2D eigenvalue weighted by Crippen LogP contribution is -2.50. The molecule has 1 aromatic rings. The number of nitrogens with zero attached hydrogens (tertiary/aromatic N) is 5. The summed E-state index contributed by atoms with van der Waals surface area (Å²) in [5.74, 6) is -3.95. The summed E-state index contributed by atoms with van der Waals surface area (Å²) in [6.45, 7) is 2.75. The van der Waals surface area contributed by atoms with E-state index < -0.39 is 23.9 Å². The van der Waals surface area contributed by atoms with Gasteiger partial charge in [0.15, 0.2) is 0 Å². The number of thiocyanates is 1. The second-order valence-electron chi connectivity index (χ2n) is 10.9. The number of nitrogens with one attached hydrogen (secondary N) is 1. The van der Waals surface area contributed by atoms with E-state index in [4.69, 9.17) is 5.26 Å². The highest BCUT2D eigenvalue weighted by Gasteiger charge is 2.22. The number of thioether (sulfide) groups is 1. The lowest BCUT2D eigenvalue weighted by atomic mass is 10.0. The van der Waals surface area contributed by atoms with Crippen LogP contribution in [-0.2, 0) is 25.6 Å². The minimum atomic E-state index is -1.01. The van der Waals surface area contributed by atoms with Crippen molar-refractivity contribution in [2.75, 3.05) is 85.1 Å². The summed E-state index contributed by atoms with van der Waals surface area (Å²) in [6, 6.07) is 7.69. The van der Waals surface area contributed by atoms with Crippen LogP contribution in [0.4, 0.5) is 0 Å². The fourth-order valence-corrected chi connectivity index (χ4v) is 5.48. The molecular weight excluding hydrogens is 592 g/mol. The van der Waals surface area contributed by atoms with Crippen LogP contribution in [0.3, 0.4) is 0 Å². The molecule has 14 nitrogen and oxygen atoms in total. The van der Waals surface area contributed by atoms with Crippen molar-refractivity contribution in [2.45, 2.75) is 36.6 Å². The van der Waals surface area contributed by atoms with Gasteiger partial charge in [0.2, 0.25) is 0 Å². The number of carboxylic acids is 4. The van der Waals surface area contributed by atoms with E-state index in [1.165, 1.54) is 0 Å². The highest BCUT2D eigenvalue weighted by molar-refractivity contribution is 8.03. The van der Waals surface area contributed by atoms with E-state index in [1.54, 1.807) is 14.7 Å². The molecule has 1 unspecified atom stereocenters. The van der Waals surface area contributed by atoms with E-state index in [0.29, 0.717) is 65.3 Å². The Bertz CT molecular complexity index is 1070. The molecule has 1 heterocycles. The predicted molar refractivity (Wildman–Crippen MR) is 164 cm³/mol. The Morgan fingerprint density at radius 3 is 1.59 bits per heavy atom. The standard InChI is InChI=1S/C29H44N6O8S/c30-22-44-25-7-5-23(6-8-25)3-1-2-4-24(31-17-26(36)37)18-32-9-11-33(19-27(38)39)13-15-35(21-29(42)43)16-14-34(12-10-32)20-28(40)41/h5-8,24,31H,1-4,9-21H2,(H,36,37)(H,38,39)(H,40,41)(H,42,43). The van der Waals surface area contributed by atoms with Gasteiger partial charge in [-0.3, -0.25) is 38.8 Å². The summed E-state index contributed by atoms with van der Waals surface area (Å²) in [4.78, 5) is 54.1. The Morgan fingerprint density at radius 1 is 0.727 bits per heavy atom. The van der Waals surface area contributed by atoms with Crippen LogP contribution in [0.5, 0.6) is 0 Å². The maximum absolute atomic E-state index is 11.5. The first-order chi connectivity index (χ1) is 21.0. The minimum Gasteiger partial charge on any atom is -0.480 e. The fraction of sp³-hybridized carbons (Fsp3) is 0.621. The molecule has 15 heteroatoms. The third kappa shape index (κ3) is 16.6. The van der Waals surface area contributed by atoms with Crippen molar-refractivity contribution >= 4 is 35.6 Å². The van der Waals surface area contributed by atoms with E-state index in [2.05, 4.69) is 15.6 Å². The average Bonchev–Trinajstić information content (AvgIpc) is 2.95. The molecule has 0 saturated carbocycles. The number of nitriles is 1. The van der Waals surface area contributed by atoms with Crippen molar-refractivity contribution in [3.05, 3.63) is 29.8 Å². The van der Waals surface area contributed by atoms with E-state index in [0.717, 1.165) is 41.5 Å². The highest BCUT2D eigenvalue weighted by Crippen LogP contribution is 2.18. The second-order valence-corrected chi connectivity index (χ2v) is 11.7. The van der Waals surface area contributed by atoms with Crippen LogP contribution in [0.15, 0.2) is 29.2 Å². The third-order valence-electron chi connectivity index (χ3n) is 7.38. The Hall–Kier alpha value is -3.26. The molecule has 1 aliphatic rings. The summed E-state index contributed by atoms with van der Waals surface area (Å²) in [5.41, 5.74) is 1.16. The maximum Gasteiger partial charge on any atom is 0.317 e. The van der Waals surface area contributed by atoms with E-state index in [9.17, 15) is 39.6 Å². The van der Waals surface area contributed by atoms with Gasteiger partial charge in [0.1, 0.15) is 5.40 Å². The third-order valence-corrected chi connectivity index (χ3v) is 7.98. The maximum atomic E-state index is 11.5. The van der Waals surface area contributed by atoms with Gasteiger partial charge in [0.05, 0.1) is 26.2 Å². The van der Waals surface area contributed by atoms with Crippen LogP contribution in [0, 0.1) is 10.7 Å². The van der Waals surface area contributed by atoms with Crippen LogP contribution < -0.4 is 5.32 Å². The summed E-state index contributed by atoms with van der Waals surface area (Å²) in [5, 5.41) is 51.5. The largest absolute Gasteiger partial charge is 0.480 e. The van der Waals surface area contributed by atoms with Crippen molar-refractivity contribution in [2.24, 2.45) is 0 Å². The molecule has 1 saturated heterocycles. The molecule has 1 atom stereocenters. The van der Waals surface area contributed by atoms with E-state index in [-0.39, 0.29) is 32.2 Å². The number of aliphatic carboxylic acids is 4. The molecule has 2 rings (SSSR count). The number of unbranched alkanes of at least 4 members (excludes halogenated alkanes) is 1. The van der Waals surface area contributed by atoms with Crippen molar-refractivity contribution in [3.63, 3.8) is 0 Å². The van der Waals surface area contributed by atoms with Gasteiger partial charge in [0, 0.05) is 69.8 Å². The van der Waals surface area contributed by atoms with Gasteiger partial charge in [-0.1, -0.05) is 18.6 Å². The Balaban J connectivity index is 2.09. The minimum absolute atomic E-state index is 0.152. The predicted octanol–water partition coefficient (Wildman–Crippen LogP) is 0.491. The van der Waals surface area contributed by atoms with Crippen LogP contribution >= 0.6 is 11.8 Å². The zero-order valence-corrected chi connectivity index (χ0v) is 25.8. The molecule has 44 heavy (non-hydrogen) atoms. The monoisotopic (exact) mass is 636 g/mol. The lowest BCUT2D eigenvalue weighted by Gasteiger charge is -2.34. The van der Waals surface area contributed by atoms with Crippen LogP contribution in [0.1, 0.15) is 24.8 Å². The van der Waals surface area contributed by atoms with Crippen molar-refractivity contribution in [3.8, 4) is 5.40 Å². The first-order valence-corrected chi connectivity index (χ1v) is 15.5. The average molecular weight is 637 g/mol. The van der Waals surface area contributed by atoms with Gasteiger partial charge in [-0.15, -0.1) is 0 Å².